The summed E-state index contributed by atoms with van der Waals surface area (Å²) < 4.78 is 1.52. The number of amides is 1. The molecule has 0 unspecified atom stereocenters. The molecule has 25 heavy (non-hydrogen) atoms. The number of carboxylic acid groups (broad SMARTS) is 1. The highest BCUT2D eigenvalue weighted by atomic mass is 35.5. The van der Waals surface area contributed by atoms with Gasteiger partial charge in [0.05, 0.1) is 5.69 Å². The molecule has 1 aromatic carbocycles. The summed E-state index contributed by atoms with van der Waals surface area (Å²) in [4.78, 5) is 39.1. The highest BCUT2D eigenvalue weighted by Crippen LogP contribution is 2.20. The van der Waals surface area contributed by atoms with E-state index in [2.05, 4.69) is 15.4 Å². The molecule has 2 heterocycles. The van der Waals surface area contributed by atoms with E-state index in [1.54, 1.807) is 0 Å². The lowest BCUT2D eigenvalue weighted by Gasteiger charge is -2.08. The highest BCUT2D eigenvalue weighted by molar-refractivity contribution is 6.01. The molecule has 0 aliphatic rings. The second-order valence-electron chi connectivity index (χ2n) is 5.26. The van der Waals surface area contributed by atoms with E-state index in [4.69, 9.17) is 5.11 Å². The smallest absolute Gasteiger partial charge is 0.322 e. The minimum Gasteiger partial charge on any atom is -0.480 e. The Morgan fingerprint density at radius 3 is 2.60 bits per heavy atom. The number of hydrogen-bond acceptors (Lipinski definition) is 4. The fourth-order valence-electron chi connectivity index (χ4n) is 2.39. The Labute approximate surface area is 147 Å². The lowest BCUT2D eigenvalue weighted by atomic mass is 10.1. The van der Waals surface area contributed by atoms with Crippen LogP contribution in [0.15, 0.2) is 41.5 Å². The first-order valence-corrected chi connectivity index (χ1v) is 7.13. The summed E-state index contributed by atoms with van der Waals surface area (Å²) in [6.45, 7) is 1.38. The topological polar surface area (TPSA) is 117 Å². The number of hydrogen-bond donors (Lipinski definition) is 3. The third-order valence-corrected chi connectivity index (χ3v) is 3.54. The molecule has 130 valence electrons. The number of carboxylic acids is 1. The summed E-state index contributed by atoms with van der Waals surface area (Å²) in [6.07, 6.45) is 1.36. The van der Waals surface area contributed by atoms with Gasteiger partial charge in [0.1, 0.15) is 18.4 Å². The van der Waals surface area contributed by atoms with Crippen molar-refractivity contribution in [2.24, 2.45) is 0 Å². The summed E-state index contributed by atoms with van der Waals surface area (Å²) in [6, 6.07) is 8.88. The van der Waals surface area contributed by atoms with Crippen molar-refractivity contribution in [2.45, 2.75) is 6.92 Å². The molecular weight excluding hydrogens is 348 g/mol. The van der Waals surface area contributed by atoms with Crippen LogP contribution in [0, 0.1) is 6.92 Å². The maximum absolute atomic E-state index is 12.4. The number of pyridine rings is 1. The number of nitrogens with zero attached hydrogens (tertiary/aromatic N) is 2. The second-order valence-corrected chi connectivity index (χ2v) is 5.26. The van der Waals surface area contributed by atoms with Gasteiger partial charge in [-0.1, -0.05) is 29.8 Å². The quantitative estimate of drug-likeness (QED) is 0.645. The molecule has 3 aromatic rings. The molecule has 0 radical (unpaired) electrons. The number of H-pyrrole nitrogens is 1. The zero-order valence-corrected chi connectivity index (χ0v) is 14.0. The van der Waals surface area contributed by atoms with E-state index in [1.165, 1.54) is 16.9 Å². The zero-order valence-electron chi connectivity index (χ0n) is 13.1. The van der Waals surface area contributed by atoms with E-state index in [9.17, 15) is 14.4 Å². The molecule has 0 bridgehead atoms. The van der Waals surface area contributed by atoms with Crippen LogP contribution in [0.2, 0.25) is 0 Å². The summed E-state index contributed by atoms with van der Waals surface area (Å²) in [5.74, 6) is -1.97. The minimum absolute atomic E-state index is 0. The number of aromatic nitrogens is 3. The molecule has 2 aromatic heterocycles. The van der Waals surface area contributed by atoms with Gasteiger partial charge >= 0.3 is 5.97 Å². The van der Waals surface area contributed by atoms with Gasteiger partial charge in [0.25, 0.3) is 5.91 Å². The van der Waals surface area contributed by atoms with E-state index in [0.29, 0.717) is 5.69 Å². The van der Waals surface area contributed by atoms with E-state index in [0.717, 1.165) is 11.1 Å². The SMILES string of the molecule is Cc1ccc(-c2cc(=O)c(C(=O)NCC(=O)O)c3nc[nH]n23)cc1.Cl. The summed E-state index contributed by atoms with van der Waals surface area (Å²) in [5.41, 5.74) is 1.84. The average Bonchev–Trinajstić information content (AvgIpc) is 3.02. The summed E-state index contributed by atoms with van der Waals surface area (Å²) in [5, 5.41) is 13.7. The molecular formula is C16H15ClN4O4. The molecule has 0 spiro atoms. The second kappa shape index (κ2) is 7.18. The zero-order chi connectivity index (χ0) is 17.3. The molecule has 0 saturated carbocycles. The van der Waals surface area contributed by atoms with Crippen molar-refractivity contribution in [2.75, 3.05) is 6.54 Å². The first-order chi connectivity index (χ1) is 11.5. The van der Waals surface area contributed by atoms with Crippen molar-refractivity contribution < 1.29 is 14.7 Å². The van der Waals surface area contributed by atoms with Crippen LogP contribution >= 0.6 is 12.4 Å². The molecule has 0 aliphatic heterocycles. The largest absolute Gasteiger partial charge is 0.480 e. The van der Waals surface area contributed by atoms with Crippen LogP contribution in [0.4, 0.5) is 0 Å². The van der Waals surface area contributed by atoms with Gasteiger partial charge in [0, 0.05) is 11.6 Å². The Kier molecular flexibility index (Phi) is 5.23. The Balaban J connectivity index is 0.00000225. The number of fused-ring (bicyclic) bond motifs is 1. The molecule has 0 saturated heterocycles. The molecule has 0 fully saturated rings. The first-order valence-electron chi connectivity index (χ1n) is 7.13. The first kappa shape index (κ1) is 18.2. The number of rotatable bonds is 4. The minimum atomic E-state index is -1.20. The van der Waals surface area contributed by atoms with Gasteiger partial charge in [-0.15, -0.1) is 12.4 Å². The highest BCUT2D eigenvalue weighted by Gasteiger charge is 2.19. The number of carbonyl (C=O) groups excluding carboxylic acids is 1. The third kappa shape index (κ3) is 3.53. The van der Waals surface area contributed by atoms with E-state index >= 15 is 0 Å². The predicted octanol–water partition coefficient (Wildman–Crippen LogP) is 1.23. The lowest BCUT2D eigenvalue weighted by molar-refractivity contribution is -0.135. The number of halogens is 1. The number of aryl methyl sites for hydroxylation is 1. The molecule has 8 nitrogen and oxygen atoms in total. The molecule has 0 atom stereocenters. The number of aromatic amines is 1. The maximum Gasteiger partial charge on any atom is 0.322 e. The Morgan fingerprint density at radius 1 is 1.28 bits per heavy atom. The van der Waals surface area contributed by atoms with Crippen molar-refractivity contribution >= 4 is 29.9 Å². The van der Waals surface area contributed by atoms with Crippen molar-refractivity contribution in [3.05, 3.63) is 58.0 Å². The molecule has 3 N–H and O–H groups in total. The Hall–Kier alpha value is -3.13. The van der Waals surface area contributed by atoms with Crippen LogP contribution in [-0.2, 0) is 4.79 Å². The fourth-order valence-corrected chi connectivity index (χ4v) is 2.39. The molecule has 1 amide bonds. The van der Waals surface area contributed by atoms with Gasteiger partial charge < -0.3 is 10.4 Å². The van der Waals surface area contributed by atoms with Crippen LogP contribution in [0.25, 0.3) is 16.9 Å². The summed E-state index contributed by atoms with van der Waals surface area (Å²) in [7, 11) is 0. The van der Waals surface area contributed by atoms with Crippen LogP contribution in [0.5, 0.6) is 0 Å². The average molecular weight is 363 g/mol. The van der Waals surface area contributed by atoms with Crippen molar-refractivity contribution in [3.63, 3.8) is 0 Å². The maximum atomic E-state index is 12.4. The van der Waals surface area contributed by atoms with E-state index in [1.807, 2.05) is 31.2 Å². The number of benzene rings is 1. The van der Waals surface area contributed by atoms with Crippen LogP contribution < -0.4 is 10.7 Å². The Bertz CT molecular complexity index is 992. The van der Waals surface area contributed by atoms with Crippen molar-refractivity contribution in [3.8, 4) is 11.3 Å². The third-order valence-electron chi connectivity index (χ3n) is 3.54. The van der Waals surface area contributed by atoms with Gasteiger partial charge in [-0.2, -0.15) is 0 Å². The monoisotopic (exact) mass is 362 g/mol. The lowest BCUT2D eigenvalue weighted by Crippen LogP contribution is -2.33. The van der Waals surface area contributed by atoms with E-state index in [-0.39, 0.29) is 23.6 Å². The predicted molar refractivity (Wildman–Crippen MR) is 93.2 cm³/mol. The normalized spacial score (nSPS) is 10.3. The molecule has 9 heteroatoms. The van der Waals surface area contributed by atoms with Crippen LogP contribution in [0.1, 0.15) is 15.9 Å². The van der Waals surface area contributed by atoms with Gasteiger partial charge in [-0.25, -0.2) is 9.50 Å². The number of nitrogens with one attached hydrogen (secondary N) is 2. The summed E-state index contributed by atoms with van der Waals surface area (Å²) >= 11 is 0. The number of carbonyl (C=O) groups is 2. The van der Waals surface area contributed by atoms with Crippen molar-refractivity contribution in [1.29, 1.82) is 0 Å². The molecule has 0 aliphatic carbocycles. The van der Waals surface area contributed by atoms with E-state index < -0.39 is 23.9 Å². The Morgan fingerprint density at radius 2 is 1.96 bits per heavy atom. The number of aliphatic carboxylic acids is 1. The van der Waals surface area contributed by atoms with Gasteiger partial charge in [0.15, 0.2) is 11.1 Å². The van der Waals surface area contributed by atoms with Gasteiger partial charge in [0.2, 0.25) is 0 Å². The fraction of sp³-hybridized carbons (Fsp3) is 0.125. The van der Waals surface area contributed by atoms with Crippen LogP contribution in [-0.4, -0.2) is 38.1 Å². The standard InChI is InChI=1S/C16H14N4O4.ClH/c1-9-2-4-10(5-3-9)11-6-12(21)14(15-18-8-19-20(11)15)16(24)17-7-13(22)23;/h2-6,8H,7H2,1H3,(H,17,24)(H,18,19)(H,22,23);1H. The van der Waals surface area contributed by atoms with Crippen LogP contribution in [0.3, 0.4) is 0 Å². The van der Waals surface area contributed by atoms with Gasteiger partial charge in [-0.05, 0) is 6.92 Å². The van der Waals surface area contributed by atoms with Crippen molar-refractivity contribution in [1.82, 2.24) is 19.9 Å². The van der Waals surface area contributed by atoms with Gasteiger partial charge in [-0.3, -0.25) is 19.5 Å². The molecule has 3 rings (SSSR count).